The Morgan fingerprint density at radius 3 is 2.50 bits per heavy atom. The van der Waals surface area contributed by atoms with Gasteiger partial charge in [0.15, 0.2) is 0 Å². The maximum Gasteiger partial charge on any atom is 0.303 e. The van der Waals surface area contributed by atoms with Gasteiger partial charge in [-0.05, 0) is 45.2 Å². The van der Waals surface area contributed by atoms with Gasteiger partial charge in [0, 0.05) is 31.3 Å². The number of aryl methyl sites for hydroxylation is 1. The van der Waals surface area contributed by atoms with Crippen LogP contribution in [0.4, 0.5) is 5.69 Å². The first-order valence-corrected chi connectivity index (χ1v) is 7.34. The number of carbonyl (C=O) groups is 1. The smallest absolute Gasteiger partial charge is 0.303 e. The Balaban J connectivity index is 2.86. The summed E-state index contributed by atoms with van der Waals surface area (Å²) in [7, 11) is 0. The summed E-state index contributed by atoms with van der Waals surface area (Å²) >= 11 is 0. The Bertz CT molecular complexity index is 428. The molecule has 4 nitrogen and oxygen atoms in total. The van der Waals surface area contributed by atoms with Crippen molar-refractivity contribution < 1.29 is 14.6 Å². The molecule has 0 unspecified atom stereocenters. The Kier molecular flexibility index (Phi) is 6.91. The van der Waals surface area contributed by atoms with E-state index in [0.717, 1.165) is 36.5 Å². The van der Waals surface area contributed by atoms with Gasteiger partial charge in [0.25, 0.3) is 0 Å². The van der Waals surface area contributed by atoms with E-state index >= 15 is 0 Å². The Morgan fingerprint density at radius 1 is 1.25 bits per heavy atom. The van der Waals surface area contributed by atoms with E-state index < -0.39 is 5.97 Å². The number of hydrogen-bond acceptors (Lipinski definition) is 3. The molecule has 0 radical (unpaired) electrons. The number of ether oxygens (including phenoxy) is 1. The molecule has 1 N–H and O–H groups in total. The van der Waals surface area contributed by atoms with E-state index in [1.807, 2.05) is 6.92 Å². The molecule has 0 amide bonds. The SMILES string of the molecule is CCOc1cc(N(CC)CC)ccc1CCCC(=O)O. The van der Waals surface area contributed by atoms with Gasteiger partial charge >= 0.3 is 5.97 Å². The van der Waals surface area contributed by atoms with E-state index in [2.05, 4.69) is 36.9 Å². The summed E-state index contributed by atoms with van der Waals surface area (Å²) in [5.41, 5.74) is 2.24. The van der Waals surface area contributed by atoms with Gasteiger partial charge in [0.1, 0.15) is 5.75 Å². The molecule has 1 aromatic carbocycles. The topological polar surface area (TPSA) is 49.8 Å². The van der Waals surface area contributed by atoms with E-state index in [9.17, 15) is 4.79 Å². The fourth-order valence-electron chi connectivity index (χ4n) is 2.26. The molecule has 0 saturated heterocycles. The first-order chi connectivity index (χ1) is 9.62. The number of benzene rings is 1. The van der Waals surface area contributed by atoms with Crippen LogP contribution in [-0.2, 0) is 11.2 Å². The third kappa shape index (κ3) is 4.76. The normalized spacial score (nSPS) is 10.3. The zero-order chi connectivity index (χ0) is 15.0. The van der Waals surface area contributed by atoms with Crippen LogP contribution in [0, 0.1) is 0 Å². The molecule has 112 valence electrons. The minimum atomic E-state index is -0.747. The van der Waals surface area contributed by atoms with Crippen LogP contribution in [-0.4, -0.2) is 30.8 Å². The van der Waals surface area contributed by atoms with E-state index in [-0.39, 0.29) is 6.42 Å². The second-order valence-corrected chi connectivity index (χ2v) is 4.64. The monoisotopic (exact) mass is 279 g/mol. The lowest BCUT2D eigenvalue weighted by Gasteiger charge is -2.22. The zero-order valence-corrected chi connectivity index (χ0v) is 12.7. The standard InChI is InChI=1S/C16H25NO3/c1-4-17(5-2)14-11-10-13(8-7-9-16(18)19)15(12-14)20-6-3/h10-12H,4-9H2,1-3H3,(H,18,19). The van der Waals surface area contributed by atoms with Gasteiger partial charge in [-0.3, -0.25) is 4.79 Å². The molecule has 0 aliphatic rings. The minimum absolute atomic E-state index is 0.198. The highest BCUT2D eigenvalue weighted by Crippen LogP contribution is 2.27. The van der Waals surface area contributed by atoms with Crippen molar-refractivity contribution in [3.8, 4) is 5.75 Å². The summed E-state index contributed by atoms with van der Waals surface area (Å²) in [5.74, 6) is 0.130. The van der Waals surface area contributed by atoms with Gasteiger partial charge in [-0.25, -0.2) is 0 Å². The molecule has 1 aromatic rings. The summed E-state index contributed by atoms with van der Waals surface area (Å²) in [6, 6.07) is 6.21. The van der Waals surface area contributed by atoms with Gasteiger partial charge in [0.2, 0.25) is 0 Å². The molecular formula is C16H25NO3. The number of carboxylic acid groups (broad SMARTS) is 1. The Hall–Kier alpha value is -1.71. The van der Waals surface area contributed by atoms with Crippen molar-refractivity contribution in [1.29, 1.82) is 0 Å². The Morgan fingerprint density at radius 2 is 1.95 bits per heavy atom. The average Bonchev–Trinajstić information content (AvgIpc) is 2.42. The van der Waals surface area contributed by atoms with E-state index in [1.54, 1.807) is 0 Å². The molecule has 20 heavy (non-hydrogen) atoms. The Labute approximate surface area is 121 Å². The van der Waals surface area contributed by atoms with E-state index in [4.69, 9.17) is 9.84 Å². The van der Waals surface area contributed by atoms with Gasteiger partial charge in [-0.15, -0.1) is 0 Å². The molecule has 0 spiro atoms. The van der Waals surface area contributed by atoms with Gasteiger partial charge in [-0.1, -0.05) is 6.07 Å². The van der Waals surface area contributed by atoms with Crippen LogP contribution >= 0.6 is 0 Å². The van der Waals surface area contributed by atoms with Crippen LogP contribution in [0.3, 0.4) is 0 Å². The highest BCUT2D eigenvalue weighted by atomic mass is 16.5. The molecule has 0 heterocycles. The highest BCUT2D eigenvalue weighted by molar-refractivity contribution is 5.66. The fraction of sp³-hybridized carbons (Fsp3) is 0.562. The maximum atomic E-state index is 10.6. The van der Waals surface area contributed by atoms with Crippen molar-refractivity contribution in [2.45, 2.75) is 40.0 Å². The number of anilines is 1. The van der Waals surface area contributed by atoms with Crippen molar-refractivity contribution in [2.24, 2.45) is 0 Å². The summed E-state index contributed by atoms with van der Waals surface area (Å²) in [6.07, 6.45) is 1.57. The number of rotatable bonds is 9. The lowest BCUT2D eigenvalue weighted by atomic mass is 10.1. The molecule has 0 saturated carbocycles. The molecule has 0 aliphatic carbocycles. The molecular weight excluding hydrogens is 254 g/mol. The first kappa shape index (κ1) is 16.3. The van der Waals surface area contributed by atoms with Crippen LogP contribution in [0.25, 0.3) is 0 Å². The molecule has 1 rings (SSSR count). The predicted molar refractivity (Wildman–Crippen MR) is 81.7 cm³/mol. The second-order valence-electron chi connectivity index (χ2n) is 4.64. The van der Waals surface area contributed by atoms with Crippen LogP contribution in [0.15, 0.2) is 18.2 Å². The van der Waals surface area contributed by atoms with Crippen LogP contribution in [0.1, 0.15) is 39.2 Å². The minimum Gasteiger partial charge on any atom is -0.494 e. The fourth-order valence-corrected chi connectivity index (χ4v) is 2.26. The molecule has 0 fully saturated rings. The molecule has 0 aliphatic heterocycles. The molecule has 0 aromatic heterocycles. The largest absolute Gasteiger partial charge is 0.494 e. The quantitative estimate of drug-likeness (QED) is 0.753. The summed E-state index contributed by atoms with van der Waals surface area (Å²) in [5, 5.41) is 8.71. The van der Waals surface area contributed by atoms with Crippen molar-refractivity contribution in [3.63, 3.8) is 0 Å². The van der Waals surface area contributed by atoms with E-state index in [1.165, 1.54) is 0 Å². The lowest BCUT2D eigenvalue weighted by molar-refractivity contribution is -0.137. The van der Waals surface area contributed by atoms with Gasteiger partial charge < -0.3 is 14.7 Å². The third-order valence-corrected chi connectivity index (χ3v) is 3.32. The maximum absolute atomic E-state index is 10.6. The van der Waals surface area contributed by atoms with Crippen LogP contribution in [0.5, 0.6) is 5.75 Å². The van der Waals surface area contributed by atoms with E-state index in [0.29, 0.717) is 13.0 Å². The van der Waals surface area contributed by atoms with Crippen LogP contribution < -0.4 is 9.64 Å². The summed E-state index contributed by atoms with van der Waals surface area (Å²) < 4.78 is 5.70. The molecule has 0 bridgehead atoms. The lowest BCUT2D eigenvalue weighted by Crippen LogP contribution is -2.21. The van der Waals surface area contributed by atoms with Gasteiger partial charge in [-0.2, -0.15) is 0 Å². The molecule has 0 atom stereocenters. The third-order valence-electron chi connectivity index (χ3n) is 3.32. The van der Waals surface area contributed by atoms with Crippen molar-refractivity contribution in [3.05, 3.63) is 23.8 Å². The first-order valence-electron chi connectivity index (χ1n) is 7.34. The number of carboxylic acids is 1. The number of hydrogen-bond donors (Lipinski definition) is 1. The molecule has 4 heteroatoms. The summed E-state index contributed by atoms with van der Waals surface area (Å²) in [6.45, 7) is 8.76. The van der Waals surface area contributed by atoms with Gasteiger partial charge in [0.05, 0.1) is 6.61 Å². The van der Waals surface area contributed by atoms with Crippen molar-refractivity contribution in [1.82, 2.24) is 0 Å². The number of nitrogens with zero attached hydrogens (tertiary/aromatic N) is 1. The second kappa shape index (κ2) is 8.46. The predicted octanol–water partition coefficient (Wildman–Crippen LogP) is 3.34. The van der Waals surface area contributed by atoms with Crippen molar-refractivity contribution >= 4 is 11.7 Å². The van der Waals surface area contributed by atoms with Crippen LogP contribution in [0.2, 0.25) is 0 Å². The number of aliphatic carboxylic acids is 1. The average molecular weight is 279 g/mol. The van der Waals surface area contributed by atoms with Crippen molar-refractivity contribution in [2.75, 3.05) is 24.6 Å². The zero-order valence-electron chi connectivity index (χ0n) is 12.7. The summed E-state index contributed by atoms with van der Waals surface area (Å²) in [4.78, 5) is 12.9. The highest BCUT2D eigenvalue weighted by Gasteiger charge is 2.09.